The van der Waals surface area contributed by atoms with E-state index in [1.807, 2.05) is 54.4 Å². The van der Waals surface area contributed by atoms with Crippen molar-refractivity contribution in [1.29, 1.82) is 0 Å². The van der Waals surface area contributed by atoms with Gasteiger partial charge in [-0.2, -0.15) is 0 Å². The van der Waals surface area contributed by atoms with Crippen LogP contribution in [0.25, 0.3) is 11.0 Å². The van der Waals surface area contributed by atoms with E-state index in [2.05, 4.69) is 20.9 Å². The highest BCUT2D eigenvalue weighted by molar-refractivity contribution is 5.79. The second-order valence-electron chi connectivity index (χ2n) is 6.94. The number of nitrogens with zero attached hydrogens (tertiary/aromatic N) is 4. The predicted octanol–water partition coefficient (Wildman–Crippen LogP) is 2.61. The highest BCUT2D eigenvalue weighted by Gasteiger charge is 2.24. The largest absolute Gasteiger partial charge is 0.497 e. The molecule has 7 heteroatoms. The normalized spacial score (nSPS) is 14.4. The summed E-state index contributed by atoms with van der Waals surface area (Å²) < 4.78 is 7.35. The number of hydrogen-bond donors (Lipinski definition) is 1. The molecule has 0 spiro atoms. The van der Waals surface area contributed by atoms with Gasteiger partial charge >= 0.3 is 6.03 Å². The molecule has 0 aliphatic carbocycles. The number of aromatic nitrogens is 2. The van der Waals surface area contributed by atoms with Gasteiger partial charge in [0.05, 0.1) is 18.1 Å². The van der Waals surface area contributed by atoms with Crippen molar-refractivity contribution in [2.75, 3.05) is 38.2 Å². The number of para-hydroxylation sites is 2. The molecule has 0 unspecified atom stereocenters. The summed E-state index contributed by atoms with van der Waals surface area (Å²) in [4.78, 5) is 21.4. The monoisotopic (exact) mass is 379 g/mol. The van der Waals surface area contributed by atoms with Gasteiger partial charge in [-0.3, -0.25) is 0 Å². The van der Waals surface area contributed by atoms with Gasteiger partial charge < -0.3 is 24.4 Å². The lowest BCUT2D eigenvalue weighted by molar-refractivity contribution is 0.193. The fraction of sp³-hybridized carbons (Fsp3) is 0.333. The Kier molecular flexibility index (Phi) is 5.06. The van der Waals surface area contributed by atoms with Crippen molar-refractivity contribution in [3.8, 4) is 5.75 Å². The van der Waals surface area contributed by atoms with Crippen LogP contribution < -0.4 is 15.0 Å². The number of carbonyl (C=O) groups excluding carboxylic acids is 1. The van der Waals surface area contributed by atoms with E-state index in [4.69, 9.17) is 9.72 Å². The molecular formula is C21H25N5O2. The van der Waals surface area contributed by atoms with E-state index in [0.29, 0.717) is 19.6 Å². The van der Waals surface area contributed by atoms with Crippen LogP contribution in [-0.2, 0) is 13.6 Å². The molecular weight excluding hydrogens is 354 g/mol. The quantitative estimate of drug-likeness (QED) is 0.757. The van der Waals surface area contributed by atoms with E-state index in [-0.39, 0.29) is 6.03 Å². The maximum absolute atomic E-state index is 12.5. The molecule has 2 amide bonds. The van der Waals surface area contributed by atoms with Crippen LogP contribution >= 0.6 is 0 Å². The third-order valence-corrected chi connectivity index (χ3v) is 5.19. The number of fused-ring (bicyclic) bond motifs is 1. The Labute approximate surface area is 164 Å². The van der Waals surface area contributed by atoms with Crippen LogP contribution in [0.5, 0.6) is 5.75 Å². The summed E-state index contributed by atoms with van der Waals surface area (Å²) in [6, 6.07) is 15.8. The second kappa shape index (κ2) is 7.80. The van der Waals surface area contributed by atoms with Gasteiger partial charge in [0.25, 0.3) is 0 Å². The molecule has 1 aliphatic heterocycles. The van der Waals surface area contributed by atoms with Gasteiger partial charge in [0.2, 0.25) is 5.95 Å². The number of rotatable bonds is 4. The zero-order chi connectivity index (χ0) is 19.5. The van der Waals surface area contributed by atoms with Crippen LogP contribution in [0.4, 0.5) is 10.7 Å². The summed E-state index contributed by atoms with van der Waals surface area (Å²) in [5.41, 5.74) is 3.14. The number of imidazole rings is 1. The molecule has 146 valence electrons. The van der Waals surface area contributed by atoms with E-state index < -0.39 is 0 Å². The molecule has 1 aliphatic rings. The predicted molar refractivity (Wildman–Crippen MR) is 110 cm³/mol. The molecule has 2 aromatic carbocycles. The Bertz CT molecular complexity index is 976. The van der Waals surface area contributed by atoms with Crippen LogP contribution in [-0.4, -0.2) is 53.8 Å². The second-order valence-corrected chi connectivity index (χ2v) is 6.94. The lowest BCUT2D eigenvalue weighted by atomic mass is 10.2. The molecule has 4 rings (SSSR count). The maximum Gasteiger partial charge on any atom is 0.317 e. The van der Waals surface area contributed by atoms with Crippen molar-refractivity contribution in [3.05, 3.63) is 54.1 Å². The van der Waals surface area contributed by atoms with Crippen molar-refractivity contribution < 1.29 is 9.53 Å². The van der Waals surface area contributed by atoms with E-state index in [0.717, 1.165) is 41.4 Å². The minimum absolute atomic E-state index is 0.0347. The topological polar surface area (TPSA) is 62.6 Å². The SMILES string of the molecule is COc1cccc(CNC(=O)N2CCN(c3nc4ccccc4n3C)CC2)c1. The summed E-state index contributed by atoms with van der Waals surface area (Å²) in [5, 5.41) is 3.00. The van der Waals surface area contributed by atoms with Gasteiger partial charge in [0.1, 0.15) is 5.75 Å². The van der Waals surface area contributed by atoms with E-state index in [9.17, 15) is 4.79 Å². The van der Waals surface area contributed by atoms with Crippen molar-refractivity contribution in [2.24, 2.45) is 7.05 Å². The summed E-state index contributed by atoms with van der Waals surface area (Å²) in [5.74, 6) is 1.75. The zero-order valence-corrected chi connectivity index (χ0v) is 16.3. The minimum Gasteiger partial charge on any atom is -0.497 e. The number of hydrogen-bond acceptors (Lipinski definition) is 4. The molecule has 0 bridgehead atoms. The Hall–Kier alpha value is -3.22. The van der Waals surface area contributed by atoms with Crippen molar-refractivity contribution >= 4 is 23.0 Å². The number of carbonyl (C=O) groups is 1. The van der Waals surface area contributed by atoms with Crippen molar-refractivity contribution in [3.63, 3.8) is 0 Å². The number of amides is 2. The lowest BCUT2D eigenvalue weighted by Crippen LogP contribution is -2.52. The average Bonchev–Trinajstić information content (AvgIpc) is 3.09. The summed E-state index contributed by atoms with van der Waals surface area (Å²) in [6.45, 7) is 3.37. The highest BCUT2D eigenvalue weighted by Crippen LogP contribution is 2.22. The first-order chi connectivity index (χ1) is 13.7. The summed E-state index contributed by atoms with van der Waals surface area (Å²) in [7, 11) is 3.68. The average molecular weight is 379 g/mol. The maximum atomic E-state index is 12.5. The molecule has 0 radical (unpaired) electrons. The Balaban J connectivity index is 1.34. The van der Waals surface area contributed by atoms with Crippen LogP contribution in [0.2, 0.25) is 0 Å². The number of benzene rings is 2. The molecule has 1 fully saturated rings. The van der Waals surface area contributed by atoms with E-state index >= 15 is 0 Å². The van der Waals surface area contributed by atoms with Crippen LogP contribution in [0, 0.1) is 0 Å². The number of piperazine rings is 1. The Morgan fingerprint density at radius 2 is 1.89 bits per heavy atom. The Morgan fingerprint density at radius 1 is 1.11 bits per heavy atom. The van der Waals surface area contributed by atoms with Crippen molar-refractivity contribution in [2.45, 2.75) is 6.54 Å². The van der Waals surface area contributed by atoms with Crippen molar-refractivity contribution in [1.82, 2.24) is 19.8 Å². The number of nitrogens with one attached hydrogen (secondary N) is 1. The fourth-order valence-corrected chi connectivity index (χ4v) is 3.60. The minimum atomic E-state index is -0.0347. The first kappa shape index (κ1) is 18.2. The molecule has 28 heavy (non-hydrogen) atoms. The molecule has 2 heterocycles. The molecule has 0 saturated carbocycles. The highest BCUT2D eigenvalue weighted by atomic mass is 16.5. The first-order valence-electron chi connectivity index (χ1n) is 9.48. The first-order valence-corrected chi connectivity index (χ1v) is 9.48. The molecule has 1 saturated heterocycles. The van der Waals surface area contributed by atoms with E-state index in [1.54, 1.807) is 7.11 Å². The molecule has 0 atom stereocenters. The number of anilines is 1. The molecule has 1 N–H and O–H groups in total. The van der Waals surface area contributed by atoms with Gasteiger partial charge in [-0.15, -0.1) is 0 Å². The fourth-order valence-electron chi connectivity index (χ4n) is 3.60. The van der Waals surface area contributed by atoms with Gasteiger partial charge in [0, 0.05) is 39.8 Å². The number of methoxy groups -OCH3 is 1. The number of aryl methyl sites for hydroxylation is 1. The van der Waals surface area contributed by atoms with Crippen LogP contribution in [0.3, 0.4) is 0 Å². The zero-order valence-electron chi connectivity index (χ0n) is 16.3. The number of ether oxygens (including phenoxy) is 1. The Morgan fingerprint density at radius 3 is 2.64 bits per heavy atom. The van der Waals surface area contributed by atoms with Gasteiger partial charge in [-0.25, -0.2) is 9.78 Å². The molecule has 1 aromatic heterocycles. The smallest absolute Gasteiger partial charge is 0.317 e. The summed E-state index contributed by atoms with van der Waals surface area (Å²) in [6.07, 6.45) is 0. The van der Waals surface area contributed by atoms with E-state index in [1.165, 1.54) is 0 Å². The van der Waals surface area contributed by atoms with Gasteiger partial charge in [-0.05, 0) is 29.8 Å². The standard InChI is InChI=1S/C21H25N5O2/c1-24-19-9-4-3-8-18(19)23-20(24)25-10-12-26(13-11-25)21(27)22-15-16-6-5-7-17(14-16)28-2/h3-9,14H,10-13,15H2,1-2H3,(H,22,27). The van der Waals surface area contributed by atoms with Crippen LogP contribution in [0.15, 0.2) is 48.5 Å². The summed E-state index contributed by atoms with van der Waals surface area (Å²) >= 11 is 0. The van der Waals surface area contributed by atoms with Gasteiger partial charge in [-0.1, -0.05) is 24.3 Å². The third-order valence-electron chi connectivity index (χ3n) is 5.19. The molecule has 7 nitrogen and oxygen atoms in total. The third kappa shape index (κ3) is 3.60. The molecule has 3 aromatic rings. The number of urea groups is 1. The van der Waals surface area contributed by atoms with Crippen LogP contribution in [0.1, 0.15) is 5.56 Å². The van der Waals surface area contributed by atoms with Gasteiger partial charge in [0.15, 0.2) is 0 Å². The lowest BCUT2D eigenvalue weighted by Gasteiger charge is -2.35.